The molecule has 0 amide bonds. The largest absolute Gasteiger partial charge is 0.486 e. The number of aromatic nitrogens is 2. The predicted octanol–water partition coefficient (Wildman–Crippen LogP) is 5.17. The van der Waals surface area contributed by atoms with E-state index in [2.05, 4.69) is 59.6 Å². The molecule has 0 aliphatic carbocycles. The number of hydrogen-bond donors (Lipinski definition) is 2. The molecular formula is C22H24N4O2. The van der Waals surface area contributed by atoms with Crippen LogP contribution in [0.3, 0.4) is 0 Å². The van der Waals surface area contributed by atoms with Crippen LogP contribution in [0.1, 0.15) is 30.9 Å². The highest BCUT2D eigenvalue weighted by atomic mass is 16.6. The van der Waals surface area contributed by atoms with Crippen LogP contribution in [0.25, 0.3) is 0 Å². The maximum atomic E-state index is 5.64. The third-order valence-electron chi connectivity index (χ3n) is 4.63. The predicted molar refractivity (Wildman–Crippen MR) is 111 cm³/mol. The number of ether oxygens (including phenoxy) is 2. The van der Waals surface area contributed by atoms with Gasteiger partial charge in [0, 0.05) is 23.6 Å². The van der Waals surface area contributed by atoms with Crippen LogP contribution in [0.5, 0.6) is 11.5 Å². The summed E-state index contributed by atoms with van der Waals surface area (Å²) < 4.78 is 11.2. The summed E-state index contributed by atoms with van der Waals surface area (Å²) in [6.45, 7) is 7.61. The van der Waals surface area contributed by atoms with Gasteiger partial charge >= 0.3 is 0 Å². The van der Waals surface area contributed by atoms with Crippen molar-refractivity contribution in [2.75, 3.05) is 23.8 Å². The van der Waals surface area contributed by atoms with E-state index in [-0.39, 0.29) is 0 Å². The lowest BCUT2D eigenvalue weighted by Gasteiger charge is -2.19. The van der Waals surface area contributed by atoms with Gasteiger partial charge in [0.15, 0.2) is 11.5 Å². The van der Waals surface area contributed by atoms with Crippen molar-refractivity contribution in [3.05, 3.63) is 59.8 Å². The molecule has 0 atom stereocenters. The van der Waals surface area contributed by atoms with Crippen molar-refractivity contribution in [2.24, 2.45) is 0 Å². The quantitative estimate of drug-likeness (QED) is 0.640. The van der Waals surface area contributed by atoms with E-state index in [4.69, 9.17) is 9.47 Å². The molecule has 144 valence electrons. The maximum absolute atomic E-state index is 5.64. The smallest absolute Gasteiger partial charge is 0.229 e. The summed E-state index contributed by atoms with van der Waals surface area (Å²) in [6, 6.07) is 13.9. The summed E-state index contributed by atoms with van der Waals surface area (Å²) in [7, 11) is 0. The van der Waals surface area contributed by atoms with Crippen LogP contribution < -0.4 is 20.1 Å². The number of nitrogens with zero attached hydrogens (tertiary/aromatic N) is 2. The van der Waals surface area contributed by atoms with E-state index in [0.717, 1.165) is 28.7 Å². The second-order valence-corrected chi connectivity index (χ2v) is 7.07. The summed E-state index contributed by atoms with van der Waals surface area (Å²) in [5.41, 5.74) is 4.40. The first-order chi connectivity index (χ1) is 13.6. The molecule has 0 unspecified atom stereocenters. The Morgan fingerprint density at radius 3 is 2.61 bits per heavy atom. The molecule has 1 aliphatic heterocycles. The molecule has 2 heterocycles. The first-order valence-corrected chi connectivity index (χ1v) is 9.46. The van der Waals surface area contributed by atoms with Gasteiger partial charge in [-0.1, -0.05) is 32.0 Å². The second-order valence-electron chi connectivity index (χ2n) is 7.07. The lowest BCUT2D eigenvalue weighted by Crippen LogP contribution is -2.15. The van der Waals surface area contributed by atoms with Gasteiger partial charge in [0.25, 0.3) is 0 Å². The summed E-state index contributed by atoms with van der Waals surface area (Å²) in [5, 5.41) is 6.70. The molecule has 28 heavy (non-hydrogen) atoms. The molecule has 0 saturated carbocycles. The third-order valence-corrected chi connectivity index (χ3v) is 4.63. The van der Waals surface area contributed by atoms with Gasteiger partial charge in [-0.2, -0.15) is 4.98 Å². The van der Waals surface area contributed by atoms with Crippen molar-refractivity contribution in [1.82, 2.24) is 9.97 Å². The van der Waals surface area contributed by atoms with Crippen molar-refractivity contribution in [3.8, 4) is 11.5 Å². The minimum Gasteiger partial charge on any atom is -0.486 e. The van der Waals surface area contributed by atoms with E-state index in [1.807, 2.05) is 24.3 Å². The van der Waals surface area contributed by atoms with Crippen molar-refractivity contribution in [3.63, 3.8) is 0 Å². The van der Waals surface area contributed by atoms with Crippen LogP contribution in [0.2, 0.25) is 0 Å². The molecule has 0 saturated heterocycles. The van der Waals surface area contributed by atoms with Crippen LogP contribution in [-0.4, -0.2) is 23.2 Å². The fourth-order valence-corrected chi connectivity index (χ4v) is 3.21. The van der Waals surface area contributed by atoms with Gasteiger partial charge in [0.2, 0.25) is 5.95 Å². The molecule has 6 nitrogen and oxygen atoms in total. The Bertz CT molecular complexity index is 988. The zero-order chi connectivity index (χ0) is 19.5. The van der Waals surface area contributed by atoms with Crippen molar-refractivity contribution < 1.29 is 9.47 Å². The Morgan fingerprint density at radius 2 is 1.79 bits per heavy atom. The average molecular weight is 376 g/mol. The third kappa shape index (κ3) is 3.86. The molecule has 1 aromatic heterocycles. The Labute approximate surface area is 164 Å². The summed E-state index contributed by atoms with van der Waals surface area (Å²) in [5.74, 6) is 3.16. The number of rotatable bonds is 5. The van der Waals surface area contributed by atoms with Crippen LogP contribution in [0.4, 0.5) is 23.1 Å². The van der Waals surface area contributed by atoms with Gasteiger partial charge in [0.1, 0.15) is 19.0 Å². The van der Waals surface area contributed by atoms with Crippen molar-refractivity contribution >= 4 is 23.1 Å². The molecule has 4 rings (SSSR count). The number of benzene rings is 2. The Morgan fingerprint density at radius 1 is 0.964 bits per heavy atom. The Hall–Kier alpha value is -3.28. The fourth-order valence-electron chi connectivity index (χ4n) is 3.21. The normalized spacial score (nSPS) is 12.7. The zero-order valence-electron chi connectivity index (χ0n) is 16.3. The van der Waals surface area contributed by atoms with Gasteiger partial charge in [-0.15, -0.1) is 0 Å². The van der Waals surface area contributed by atoms with Gasteiger partial charge < -0.3 is 20.1 Å². The lowest BCUT2D eigenvalue weighted by molar-refractivity contribution is 0.171. The van der Waals surface area contributed by atoms with E-state index in [0.29, 0.717) is 25.1 Å². The second kappa shape index (κ2) is 7.76. The lowest BCUT2D eigenvalue weighted by atomic mass is 9.98. The number of fused-ring (bicyclic) bond motifs is 1. The van der Waals surface area contributed by atoms with Gasteiger partial charge in [-0.25, -0.2) is 4.98 Å². The first kappa shape index (κ1) is 18.1. The Balaban J connectivity index is 1.56. The molecule has 0 bridgehead atoms. The zero-order valence-corrected chi connectivity index (χ0v) is 16.3. The van der Waals surface area contributed by atoms with E-state index < -0.39 is 0 Å². The van der Waals surface area contributed by atoms with E-state index in [9.17, 15) is 0 Å². The highest BCUT2D eigenvalue weighted by Crippen LogP contribution is 2.33. The highest BCUT2D eigenvalue weighted by molar-refractivity contribution is 5.67. The highest BCUT2D eigenvalue weighted by Gasteiger charge is 2.13. The number of hydrogen-bond acceptors (Lipinski definition) is 6. The summed E-state index contributed by atoms with van der Waals surface area (Å²) in [6.07, 6.45) is 1.74. The molecule has 0 radical (unpaired) electrons. The number of aryl methyl sites for hydroxylation is 1. The van der Waals surface area contributed by atoms with E-state index in [1.54, 1.807) is 6.20 Å². The topological polar surface area (TPSA) is 68.3 Å². The van der Waals surface area contributed by atoms with Crippen molar-refractivity contribution in [1.29, 1.82) is 0 Å². The number of anilines is 4. The molecule has 0 spiro atoms. The first-order valence-electron chi connectivity index (χ1n) is 9.46. The summed E-state index contributed by atoms with van der Waals surface area (Å²) >= 11 is 0. The molecule has 6 heteroatoms. The minimum absolute atomic E-state index is 0.416. The monoisotopic (exact) mass is 376 g/mol. The van der Waals surface area contributed by atoms with Gasteiger partial charge in [0.05, 0.1) is 0 Å². The Kier molecular flexibility index (Phi) is 5.02. The van der Waals surface area contributed by atoms with Gasteiger partial charge in [-0.3, -0.25) is 0 Å². The summed E-state index contributed by atoms with van der Waals surface area (Å²) in [4.78, 5) is 8.95. The van der Waals surface area contributed by atoms with Crippen LogP contribution in [0.15, 0.2) is 48.7 Å². The molecule has 2 aromatic carbocycles. The fraction of sp³-hybridized carbons (Fsp3) is 0.273. The van der Waals surface area contributed by atoms with Crippen LogP contribution >= 0.6 is 0 Å². The number of nitrogens with one attached hydrogen (secondary N) is 2. The maximum Gasteiger partial charge on any atom is 0.229 e. The number of para-hydroxylation sites is 1. The van der Waals surface area contributed by atoms with Crippen LogP contribution in [0, 0.1) is 6.92 Å². The molecular weight excluding hydrogens is 352 g/mol. The SMILES string of the molecule is Cc1cccc(C(C)C)c1Nc1ccnc(Nc2ccc3c(c2)OCCO3)n1. The van der Waals surface area contributed by atoms with Crippen LogP contribution in [-0.2, 0) is 0 Å². The molecule has 3 aromatic rings. The van der Waals surface area contributed by atoms with Crippen molar-refractivity contribution in [2.45, 2.75) is 26.7 Å². The van der Waals surface area contributed by atoms with Gasteiger partial charge in [-0.05, 0) is 42.2 Å². The minimum atomic E-state index is 0.416. The molecule has 0 fully saturated rings. The average Bonchev–Trinajstić information content (AvgIpc) is 2.69. The van der Waals surface area contributed by atoms with E-state index in [1.165, 1.54) is 11.1 Å². The molecule has 2 N–H and O–H groups in total. The standard InChI is InChI=1S/C22H24N4O2/c1-14(2)17-6-4-5-15(3)21(17)25-20-9-10-23-22(26-20)24-16-7-8-18-19(13-16)28-12-11-27-18/h4-10,13-14H,11-12H2,1-3H3,(H2,23,24,25,26). The van der Waals surface area contributed by atoms with E-state index >= 15 is 0 Å². The molecule has 1 aliphatic rings.